The molecule has 1 saturated carbocycles. The second-order valence-electron chi connectivity index (χ2n) is 10.1. The lowest BCUT2D eigenvalue weighted by atomic mass is 9.78. The highest BCUT2D eigenvalue weighted by atomic mass is 16.6. The predicted molar refractivity (Wildman–Crippen MR) is 133 cm³/mol. The van der Waals surface area contributed by atoms with E-state index in [0.717, 1.165) is 69.9 Å². The Balaban J connectivity index is 1.35. The number of amides is 1. The SMILES string of the molecule is CCOC(=O)CC(C[N+](=O)[O-])c1cccnc1N1CCN([C@@H]2CCC3(C2)CN(C(=O)OCC)C3)CC1. The molecule has 0 aromatic carbocycles. The number of ether oxygens (including phenoxy) is 2. The molecule has 2 atom stereocenters. The molecule has 11 heteroatoms. The topological polar surface area (TPSA) is 118 Å². The van der Waals surface area contributed by atoms with Gasteiger partial charge in [-0.05, 0) is 39.2 Å². The van der Waals surface area contributed by atoms with Crippen molar-refractivity contribution < 1.29 is 24.0 Å². The van der Waals surface area contributed by atoms with Crippen molar-refractivity contribution >= 4 is 17.9 Å². The number of likely N-dealkylation sites (tertiary alicyclic amines) is 1. The van der Waals surface area contributed by atoms with Crippen molar-refractivity contribution in [2.75, 3.05) is 63.9 Å². The largest absolute Gasteiger partial charge is 0.466 e. The van der Waals surface area contributed by atoms with Gasteiger partial charge in [0.2, 0.25) is 6.54 Å². The molecule has 0 radical (unpaired) electrons. The van der Waals surface area contributed by atoms with Crippen molar-refractivity contribution in [1.29, 1.82) is 0 Å². The zero-order valence-corrected chi connectivity index (χ0v) is 21.3. The van der Waals surface area contributed by atoms with Gasteiger partial charge in [0.25, 0.3) is 0 Å². The quantitative estimate of drug-likeness (QED) is 0.284. The summed E-state index contributed by atoms with van der Waals surface area (Å²) in [7, 11) is 0. The van der Waals surface area contributed by atoms with Crippen molar-refractivity contribution in [1.82, 2.24) is 14.8 Å². The van der Waals surface area contributed by atoms with Gasteiger partial charge in [-0.25, -0.2) is 9.78 Å². The van der Waals surface area contributed by atoms with Crippen LogP contribution in [0.15, 0.2) is 18.3 Å². The minimum Gasteiger partial charge on any atom is -0.466 e. The summed E-state index contributed by atoms with van der Waals surface area (Å²) in [6.45, 7) is 8.75. The molecule has 198 valence electrons. The van der Waals surface area contributed by atoms with Gasteiger partial charge in [-0.15, -0.1) is 0 Å². The number of aromatic nitrogens is 1. The van der Waals surface area contributed by atoms with E-state index < -0.39 is 11.9 Å². The molecule has 3 heterocycles. The standard InChI is InChI=1S/C25H37N5O6/c1-3-35-22(31)14-19(16-30(33)34)21-6-5-9-26-23(21)28-12-10-27(11-13-28)20-7-8-25(15-20)17-29(18-25)24(32)36-4-2/h5-6,9,19-20H,3-4,7-8,10-18H2,1-2H3/t19?,20-/m1/s1. The van der Waals surface area contributed by atoms with E-state index in [1.807, 2.05) is 17.9 Å². The molecule has 36 heavy (non-hydrogen) atoms. The third kappa shape index (κ3) is 5.88. The lowest BCUT2D eigenvalue weighted by molar-refractivity contribution is -0.483. The molecular weight excluding hydrogens is 466 g/mol. The third-order valence-corrected chi connectivity index (χ3v) is 7.73. The number of nitrogens with zero attached hydrogens (tertiary/aromatic N) is 5. The second kappa shape index (κ2) is 11.4. The molecule has 0 bridgehead atoms. The molecule has 3 aliphatic rings. The molecule has 1 amide bonds. The van der Waals surface area contributed by atoms with Crippen LogP contribution in [-0.4, -0.2) is 96.8 Å². The number of carbonyl (C=O) groups excluding carboxylic acids is 2. The first-order chi connectivity index (χ1) is 17.3. The van der Waals surface area contributed by atoms with Gasteiger partial charge >= 0.3 is 12.1 Å². The maximum atomic E-state index is 12.1. The molecular formula is C25H37N5O6. The van der Waals surface area contributed by atoms with E-state index in [1.165, 1.54) is 0 Å². The maximum Gasteiger partial charge on any atom is 0.409 e. The summed E-state index contributed by atoms with van der Waals surface area (Å²) in [5.41, 5.74) is 0.954. The average Bonchev–Trinajstić information content (AvgIpc) is 3.29. The zero-order valence-electron chi connectivity index (χ0n) is 21.3. The summed E-state index contributed by atoms with van der Waals surface area (Å²) in [6, 6.07) is 4.11. The van der Waals surface area contributed by atoms with E-state index in [4.69, 9.17) is 9.47 Å². The highest BCUT2D eigenvalue weighted by molar-refractivity contribution is 5.71. The highest BCUT2D eigenvalue weighted by Crippen LogP contribution is 2.47. The average molecular weight is 504 g/mol. The fourth-order valence-corrected chi connectivity index (χ4v) is 6.05. The van der Waals surface area contributed by atoms with Gasteiger partial charge in [0.1, 0.15) is 5.82 Å². The first-order valence-corrected chi connectivity index (χ1v) is 13.0. The Bertz CT molecular complexity index is 945. The van der Waals surface area contributed by atoms with E-state index in [2.05, 4.69) is 14.8 Å². The number of hydrogen-bond donors (Lipinski definition) is 0. The maximum absolute atomic E-state index is 12.1. The van der Waals surface area contributed by atoms with Crippen molar-refractivity contribution in [3.8, 4) is 0 Å². The van der Waals surface area contributed by atoms with E-state index in [9.17, 15) is 19.7 Å². The monoisotopic (exact) mass is 503 g/mol. The van der Waals surface area contributed by atoms with E-state index in [0.29, 0.717) is 12.6 Å². The lowest BCUT2D eigenvalue weighted by Gasteiger charge is -2.48. The third-order valence-electron chi connectivity index (χ3n) is 7.73. The van der Waals surface area contributed by atoms with Crippen LogP contribution in [0.3, 0.4) is 0 Å². The van der Waals surface area contributed by atoms with Gasteiger partial charge in [-0.3, -0.25) is 19.8 Å². The van der Waals surface area contributed by atoms with Gasteiger partial charge < -0.3 is 19.3 Å². The predicted octanol–water partition coefficient (Wildman–Crippen LogP) is 2.53. The summed E-state index contributed by atoms with van der Waals surface area (Å²) in [5, 5.41) is 11.4. The van der Waals surface area contributed by atoms with E-state index in [-0.39, 0.29) is 36.0 Å². The molecule has 1 spiro atoms. The molecule has 1 aromatic heterocycles. The number of anilines is 1. The van der Waals surface area contributed by atoms with Gasteiger partial charge in [-0.2, -0.15) is 0 Å². The molecule has 3 fully saturated rings. The Labute approximate surface area is 211 Å². The minimum absolute atomic E-state index is 0.0412. The number of piperazine rings is 1. The number of hydrogen-bond acceptors (Lipinski definition) is 9. The van der Waals surface area contributed by atoms with Gasteiger partial charge in [0.15, 0.2) is 0 Å². The Morgan fingerprint density at radius 2 is 1.92 bits per heavy atom. The van der Waals surface area contributed by atoms with Crippen LogP contribution in [0.25, 0.3) is 0 Å². The Hall–Kier alpha value is -2.95. The lowest BCUT2D eigenvalue weighted by Crippen LogP contribution is -2.58. The number of rotatable bonds is 9. The van der Waals surface area contributed by atoms with Crippen LogP contribution >= 0.6 is 0 Å². The van der Waals surface area contributed by atoms with Crippen LogP contribution in [0.4, 0.5) is 10.6 Å². The molecule has 2 saturated heterocycles. The Morgan fingerprint density at radius 3 is 2.58 bits per heavy atom. The highest BCUT2D eigenvalue weighted by Gasteiger charge is 2.51. The fraction of sp³-hybridized carbons (Fsp3) is 0.720. The molecule has 0 N–H and O–H groups in total. The van der Waals surface area contributed by atoms with Crippen LogP contribution in [0, 0.1) is 15.5 Å². The van der Waals surface area contributed by atoms with Crippen molar-refractivity contribution in [2.45, 2.75) is 51.5 Å². The van der Waals surface area contributed by atoms with Crippen molar-refractivity contribution in [2.24, 2.45) is 5.41 Å². The van der Waals surface area contributed by atoms with Crippen LogP contribution in [0.5, 0.6) is 0 Å². The normalized spacial score (nSPS) is 22.2. The second-order valence-corrected chi connectivity index (χ2v) is 10.1. The molecule has 1 unspecified atom stereocenters. The summed E-state index contributed by atoms with van der Waals surface area (Å²) < 4.78 is 10.2. The molecule has 4 rings (SSSR count). The number of esters is 1. The number of nitro groups is 1. The first-order valence-electron chi connectivity index (χ1n) is 13.0. The van der Waals surface area contributed by atoms with Crippen LogP contribution in [0.1, 0.15) is 51.0 Å². The fourth-order valence-electron chi connectivity index (χ4n) is 6.05. The summed E-state index contributed by atoms with van der Waals surface area (Å²) in [4.78, 5) is 46.2. The van der Waals surface area contributed by atoms with Crippen molar-refractivity contribution in [3.63, 3.8) is 0 Å². The molecule has 2 aliphatic heterocycles. The number of pyridine rings is 1. The van der Waals surface area contributed by atoms with Gasteiger partial charge in [0, 0.05) is 67.4 Å². The van der Waals surface area contributed by atoms with Crippen LogP contribution in [-0.2, 0) is 14.3 Å². The smallest absolute Gasteiger partial charge is 0.409 e. The minimum atomic E-state index is -0.587. The van der Waals surface area contributed by atoms with E-state index in [1.54, 1.807) is 19.2 Å². The Kier molecular flexibility index (Phi) is 8.28. The zero-order chi connectivity index (χ0) is 25.7. The molecule has 11 nitrogen and oxygen atoms in total. The summed E-state index contributed by atoms with van der Waals surface area (Å²) in [5.74, 6) is -0.298. The number of carbonyl (C=O) groups is 2. The summed E-state index contributed by atoms with van der Waals surface area (Å²) >= 11 is 0. The summed E-state index contributed by atoms with van der Waals surface area (Å²) in [6.07, 6.45) is 4.82. The van der Waals surface area contributed by atoms with Gasteiger partial charge in [-0.1, -0.05) is 6.07 Å². The van der Waals surface area contributed by atoms with Gasteiger partial charge in [0.05, 0.1) is 25.6 Å². The van der Waals surface area contributed by atoms with Crippen LogP contribution < -0.4 is 4.90 Å². The molecule has 1 aliphatic carbocycles. The Morgan fingerprint density at radius 1 is 1.19 bits per heavy atom. The van der Waals surface area contributed by atoms with Crippen LogP contribution in [0.2, 0.25) is 0 Å². The first kappa shape index (κ1) is 26.1. The molecule has 1 aromatic rings. The van der Waals surface area contributed by atoms with Crippen molar-refractivity contribution in [3.05, 3.63) is 34.0 Å². The van der Waals surface area contributed by atoms with E-state index >= 15 is 0 Å².